The first-order valence-electron chi connectivity index (χ1n) is 7.09. The summed E-state index contributed by atoms with van der Waals surface area (Å²) in [5, 5.41) is 0. The van der Waals surface area contributed by atoms with Crippen molar-refractivity contribution in [3.63, 3.8) is 0 Å². The van der Waals surface area contributed by atoms with Crippen LogP contribution in [0.25, 0.3) is 0 Å². The quantitative estimate of drug-likeness (QED) is 0.415. The van der Waals surface area contributed by atoms with E-state index in [4.69, 9.17) is 15.5 Å². The van der Waals surface area contributed by atoms with E-state index in [2.05, 4.69) is 20.7 Å². The van der Waals surface area contributed by atoms with E-state index in [1.807, 2.05) is 0 Å². The van der Waals surface area contributed by atoms with Crippen molar-refractivity contribution in [1.82, 2.24) is 4.72 Å². The molecule has 0 spiro atoms. The Morgan fingerprint density at radius 3 is 2.31 bits per heavy atom. The zero-order chi connectivity index (χ0) is 20.6. The van der Waals surface area contributed by atoms with Crippen LogP contribution in [-0.4, -0.2) is 35.4 Å². The molecule has 0 aliphatic heterocycles. The molecule has 0 aromatic heterocycles. The van der Waals surface area contributed by atoms with E-state index < -0.39 is 40.3 Å². The van der Waals surface area contributed by atoms with Crippen molar-refractivity contribution < 1.29 is 36.3 Å². The maximum absolute atomic E-state index is 13.8. The second-order valence-corrected chi connectivity index (χ2v) is 10.3. The largest absolute Gasteiger partial charge is 0.399 e. The Balaban J connectivity index is 3.28. The van der Waals surface area contributed by atoms with Gasteiger partial charge in [-0.2, -0.15) is 13.5 Å². The van der Waals surface area contributed by atoms with Gasteiger partial charge in [0.15, 0.2) is 0 Å². The predicted octanol–water partition coefficient (Wildman–Crippen LogP) is 1.40. The van der Waals surface area contributed by atoms with Crippen LogP contribution in [0.2, 0.25) is 0 Å². The number of alkyl halides is 2. The molecule has 8 nitrogen and oxygen atoms in total. The van der Waals surface area contributed by atoms with Gasteiger partial charge in [-0.25, -0.2) is 8.42 Å². The SMILES string of the molecule is CCS(=O)(=O)NC(C)(Cc1ccc(C(F)(F)P(=O)(O)O)c(Br)c1)C(N)=O. The van der Waals surface area contributed by atoms with Crippen molar-refractivity contribution in [1.29, 1.82) is 0 Å². The van der Waals surface area contributed by atoms with Crippen LogP contribution < -0.4 is 10.5 Å². The van der Waals surface area contributed by atoms with Crippen LogP contribution in [0.15, 0.2) is 22.7 Å². The molecule has 0 radical (unpaired) electrons. The van der Waals surface area contributed by atoms with E-state index in [0.717, 1.165) is 18.2 Å². The predicted molar refractivity (Wildman–Crippen MR) is 94.0 cm³/mol. The summed E-state index contributed by atoms with van der Waals surface area (Å²) < 4.78 is 64.0. The molecule has 0 saturated heterocycles. The molecule has 1 unspecified atom stereocenters. The van der Waals surface area contributed by atoms with Gasteiger partial charge in [-0.1, -0.05) is 28.1 Å². The van der Waals surface area contributed by atoms with Gasteiger partial charge in [0.2, 0.25) is 15.9 Å². The van der Waals surface area contributed by atoms with E-state index in [1.54, 1.807) is 0 Å². The monoisotopic (exact) mass is 478 g/mol. The second-order valence-electron chi connectivity index (χ2n) is 5.78. The molecule has 1 rings (SSSR count). The van der Waals surface area contributed by atoms with Gasteiger partial charge in [0.05, 0.1) is 5.75 Å². The van der Waals surface area contributed by atoms with Crippen molar-refractivity contribution in [3.05, 3.63) is 33.8 Å². The van der Waals surface area contributed by atoms with Crippen molar-refractivity contribution in [2.24, 2.45) is 5.73 Å². The number of rotatable bonds is 8. The molecule has 0 saturated carbocycles. The molecule has 26 heavy (non-hydrogen) atoms. The van der Waals surface area contributed by atoms with Crippen LogP contribution in [0.3, 0.4) is 0 Å². The van der Waals surface area contributed by atoms with Crippen molar-refractivity contribution in [2.45, 2.75) is 31.5 Å². The molecule has 13 heteroatoms. The summed E-state index contributed by atoms with van der Waals surface area (Å²) in [5.74, 6) is -1.28. The van der Waals surface area contributed by atoms with E-state index >= 15 is 0 Å². The molecule has 0 aliphatic carbocycles. The minimum Gasteiger partial charge on any atom is -0.368 e. The van der Waals surface area contributed by atoms with Gasteiger partial charge in [0.25, 0.3) is 0 Å². The number of sulfonamides is 1. The van der Waals surface area contributed by atoms with Crippen LogP contribution in [-0.2, 0) is 31.5 Å². The third-order valence-corrected chi connectivity index (χ3v) is 6.74. The second kappa shape index (κ2) is 7.61. The maximum atomic E-state index is 13.8. The number of nitrogens with two attached hydrogens (primary N) is 1. The summed E-state index contributed by atoms with van der Waals surface area (Å²) in [6, 6.07) is 3.00. The van der Waals surface area contributed by atoms with Gasteiger partial charge in [-0.05, 0) is 25.5 Å². The molecule has 5 N–H and O–H groups in total. The number of hydrogen-bond donors (Lipinski definition) is 4. The standard InChI is InChI=1S/C13H18BrF2N2O6PS/c1-3-26(23,24)18-12(2,11(17)19)7-8-4-5-9(10(14)6-8)13(15,16)25(20,21)22/h4-6,18H,3,7H2,1-2H3,(H2,17,19)(H2,20,21,22). The molecule has 0 aliphatic rings. The molecule has 0 fully saturated rings. The molecular weight excluding hydrogens is 461 g/mol. The summed E-state index contributed by atoms with van der Waals surface area (Å²) >= 11 is 2.82. The number of carbonyl (C=O) groups is 1. The summed E-state index contributed by atoms with van der Waals surface area (Å²) in [6.07, 6.45) is -0.262. The van der Waals surface area contributed by atoms with Crippen molar-refractivity contribution in [2.75, 3.05) is 5.75 Å². The molecule has 148 valence electrons. The first-order valence-corrected chi connectivity index (χ1v) is 11.2. The Hall–Kier alpha value is -0.910. The third-order valence-electron chi connectivity index (χ3n) is 3.59. The first kappa shape index (κ1) is 23.1. The van der Waals surface area contributed by atoms with Gasteiger partial charge in [0.1, 0.15) is 5.54 Å². The molecule has 1 aromatic carbocycles. The Kier molecular flexibility index (Phi) is 6.77. The lowest BCUT2D eigenvalue weighted by Gasteiger charge is -2.27. The highest BCUT2D eigenvalue weighted by Crippen LogP contribution is 2.60. The summed E-state index contributed by atoms with van der Waals surface area (Å²) in [5.41, 5.74) is -1.56. The van der Waals surface area contributed by atoms with Gasteiger partial charge in [-0.15, -0.1) is 0 Å². The van der Waals surface area contributed by atoms with Gasteiger partial charge in [0, 0.05) is 16.5 Å². The zero-order valence-electron chi connectivity index (χ0n) is 13.7. The average molecular weight is 479 g/mol. The van der Waals surface area contributed by atoms with Crippen LogP contribution in [0, 0.1) is 0 Å². The number of nitrogens with one attached hydrogen (secondary N) is 1. The fraction of sp³-hybridized carbons (Fsp3) is 0.462. The lowest BCUT2D eigenvalue weighted by molar-refractivity contribution is -0.123. The maximum Gasteiger partial charge on any atom is 0.399 e. The fourth-order valence-corrected chi connectivity index (χ4v) is 4.41. The molecular formula is C13H18BrF2N2O6PS. The lowest BCUT2D eigenvalue weighted by atomic mass is 9.93. The minimum absolute atomic E-state index is 0.238. The third kappa shape index (κ3) is 5.08. The fourth-order valence-electron chi connectivity index (χ4n) is 2.07. The molecule has 1 atom stereocenters. The van der Waals surface area contributed by atoms with Crippen molar-refractivity contribution >= 4 is 39.5 Å². The highest BCUT2D eigenvalue weighted by molar-refractivity contribution is 9.10. The van der Waals surface area contributed by atoms with Crippen LogP contribution in [0.4, 0.5) is 8.78 Å². The normalized spacial score (nSPS) is 15.5. The van der Waals surface area contributed by atoms with Crippen molar-refractivity contribution in [3.8, 4) is 0 Å². The Morgan fingerprint density at radius 2 is 1.92 bits per heavy atom. The molecule has 0 heterocycles. The van der Waals surface area contributed by atoms with E-state index in [1.165, 1.54) is 13.8 Å². The zero-order valence-corrected chi connectivity index (χ0v) is 17.0. The van der Waals surface area contributed by atoms with E-state index in [0.29, 0.717) is 0 Å². The summed E-state index contributed by atoms with van der Waals surface area (Å²) in [6.45, 7) is 2.61. The van der Waals surface area contributed by atoms with Crippen LogP contribution in [0.5, 0.6) is 0 Å². The van der Waals surface area contributed by atoms with Gasteiger partial charge < -0.3 is 15.5 Å². The Morgan fingerprint density at radius 1 is 1.38 bits per heavy atom. The number of carbonyl (C=O) groups excluding carboxylic acids is 1. The minimum atomic E-state index is -5.75. The van der Waals surface area contributed by atoms with E-state index in [-0.39, 0.29) is 22.2 Å². The smallest absolute Gasteiger partial charge is 0.368 e. The van der Waals surface area contributed by atoms with Gasteiger partial charge in [-0.3, -0.25) is 9.36 Å². The topological polar surface area (TPSA) is 147 Å². The average Bonchev–Trinajstić information content (AvgIpc) is 2.45. The summed E-state index contributed by atoms with van der Waals surface area (Å²) in [4.78, 5) is 29.3. The number of halogens is 3. The Bertz CT molecular complexity index is 860. The first-order chi connectivity index (χ1) is 11.6. The van der Waals surface area contributed by atoms with Crippen LogP contribution in [0.1, 0.15) is 25.0 Å². The summed E-state index contributed by atoms with van der Waals surface area (Å²) in [7, 11) is -9.54. The van der Waals surface area contributed by atoms with Gasteiger partial charge >= 0.3 is 13.3 Å². The number of hydrogen-bond acceptors (Lipinski definition) is 4. The lowest BCUT2D eigenvalue weighted by Crippen LogP contribution is -2.57. The highest BCUT2D eigenvalue weighted by atomic mass is 79.9. The number of benzene rings is 1. The number of primary amides is 1. The molecule has 0 bridgehead atoms. The molecule has 1 amide bonds. The number of amides is 1. The van der Waals surface area contributed by atoms with E-state index in [9.17, 15) is 26.6 Å². The van der Waals surface area contributed by atoms with Crippen LogP contribution >= 0.6 is 23.5 Å². The highest BCUT2D eigenvalue weighted by Gasteiger charge is 2.51. The Labute approximate surface area is 157 Å². The molecule has 1 aromatic rings.